The van der Waals surface area contributed by atoms with Crippen LogP contribution in [0.25, 0.3) is 0 Å². The molecule has 0 spiro atoms. The maximum absolute atomic E-state index is 12.4. The number of benzene rings is 1. The lowest BCUT2D eigenvalue weighted by Crippen LogP contribution is -2.33. The van der Waals surface area contributed by atoms with Gasteiger partial charge in [0, 0.05) is 16.5 Å². The number of halogens is 1. The molecule has 1 aromatic carbocycles. The smallest absolute Gasteiger partial charge is 0.261 e. The Balaban J connectivity index is 2.27. The third-order valence-corrected chi connectivity index (χ3v) is 4.88. The third kappa shape index (κ3) is 2.43. The van der Waals surface area contributed by atoms with E-state index < -0.39 is 0 Å². The molecule has 4 heteroatoms. The van der Waals surface area contributed by atoms with Gasteiger partial charge in [-0.05, 0) is 47.1 Å². The first-order valence-electron chi connectivity index (χ1n) is 6.14. The van der Waals surface area contributed by atoms with Crippen LogP contribution in [0.2, 0.25) is 0 Å². The van der Waals surface area contributed by atoms with E-state index in [0.717, 1.165) is 15.6 Å². The molecule has 0 aromatic heterocycles. The second kappa shape index (κ2) is 5.38. The number of amides is 2. The zero-order valence-corrected chi connectivity index (χ0v) is 12.7. The zero-order valence-electron chi connectivity index (χ0n) is 10.6. The number of hydrogen-bond donors (Lipinski definition) is 0. The highest BCUT2D eigenvalue weighted by molar-refractivity contribution is 14.1. The Morgan fingerprint density at radius 2 is 2.22 bits per heavy atom. The normalized spacial score (nSPS) is 19.4. The molecule has 1 aliphatic heterocycles. The van der Waals surface area contributed by atoms with E-state index in [9.17, 15) is 9.59 Å². The monoisotopic (exact) mass is 357 g/mol. The number of aryl methyl sites for hydroxylation is 1. The van der Waals surface area contributed by atoms with Crippen LogP contribution in [-0.2, 0) is 4.79 Å². The quantitative estimate of drug-likeness (QED) is 0.603. The van der Waals surface area contributed by atoms with Crippen LogP contribution < -0.4 is 0 Å². The molecule has 1 aromatic rings. The van der Waals surface area contributed by atoms with Crippen LogP contribution in [0.3, 0.4) is 0 Å². The molecule has 1 atom stereocenters. The van der Waals surface area contributed by atoms with Crippen LogP contribution in [0.1, 0.15) is 35.7 Å². The molecule has 0 aliphatic carbocycles. The molecule has 0 bridgehead atoms. The van der Waals surface area contributed by atoms with Gasteiger partial charge in [-0.3, -0.25) is 14.5 Å². The van der Waals surface area contributed by atoms with Gasteiger partial charge in [-0.2, -0.15) is 0 Å². The van der Waals surface area contributed by atoms with E-state index in [-0.39, 0.29) is 11.8 Å². The Labute approximate surface area is 121 Å². The van der Waals surface area contributed by atoms with Gasteiger partial charge >= 0.3 is 0 Å². The van der Waals surface area contributed by atoms with E-state index in [1.165, 1.54) is 4.90 Å². The van der Waals surface area contributed by atoms with Gasteiger partial charge in [0.2, 0.25) is 5.91 Å². The summed E-state index contributed by atoms with van der Waals surface area (Å²) in [5.74, 6) is 0.136. The van der Waals surface area contributed by atoms with Crippen LogP contribution in [-0.4, -0.2) is 23.3 Å². The highest BCUT2D eigenvalue weighted by atomic mass is 127. The number of nitrogens with zero attached hydrogens (tertiary/aromatic N) is 1. The number of hydrogen-bond acceptors (Lipinski definition) is 2. The van der Waals surface area contributed by atoms with Crippen molar-refractivity contribution in [2.75, 3.05) is 6.54 Å². The summed E-state index contributed by atoms with van der Waals surface area (Å²) in [5.41, 5.74) is 1.71. The fraction of sp³-hybridized carbons (Fsp3) is 0.429. The number of imide groups is 1. The van der Waals surface area contributed by atoms with Crippen molar-refractivity contribution in [3.05, 3.63) is 32.9 Å². The highest BCUT2D eigenvalue weighted by Crippen LogP contribution is 2.25. The van der Waals surface area contributed by atoms with Crippen molar-refractivity contribution in [3.8, 4) is 0 Å². The van der Waals surface area contributed by atoms with Crippen LogP contribution >= 0.6 is 22.6 Å². The van der Waals surface area contributed by atoms with Gasteiger partial charge in [-0.15, -0.1) is 0 Å². The molecule has 2 rings (SSSR count). The van der Waals surface area contributed by atoms with E-state index >= 15 is 0 Å². The largest absolute Gasteiger partial charge is 0.278 e. The van der Waals surface area contributed by atoms with Gasteiger partial charge in [-0.1, -0.05) is 25.5 Å². The maximum atomic E-state index is 12.4. The van der Waals surface area contributed by atoms with Gasteiger partial charge in [0.25, 0.3) is 5.91 Å². The fourth-order valence-electron chi connectivity index (χ4n) is 2.21. The summed E-state index contributed by atoms with van der Waals surface area (Å²) in [6, 6.07) is 5.63. The SMILES string of the molecule is CCC1CC(=O)N(C(=O)c2cccc(C)c2I)C1. The first kappa shape index (κ1) is 13.5. The first-order chi connectivity index (χ1) is 8.54. The molecular weight excluding hydrogens is 341 g/mol. The Kier molecular flexibility index (Phi) is 4.04. The van der Waals surface area contributed by atoms with Crippen molar-refractivity contribution < 1.29 is 9.59 Å². The van der Waals surface area contributed by atoms with Crippen molar-refractivity contribution in [2.24, 2.45) is 5.92 Å². The van der Waals surface area contributed by atoms with Gasteiger partial charge in [0.15, 0.2) is 0 Å². The van der Waals surface area contributed by atoms with Crippen molar-refractivity contribution in [3.63, 3.8) is 0 Å². The Hall–Kier alpha value is -0.910. The predicted molar refractivity (Wildman–Crippen MR) is 78.3 cm³/mol. The predicted octanol–water partition coefficient (Wildman–Crippen LogP) is 3.00. The topological polar surface area (TPSA) is 37.4 Å². The first-order valence-corrected chi connectivity index (χ1v) is 7.22. The molecule has 1 saturated heterocycles. The Morgan fingerprint density at radius 1 is 1.50 bits per heavy atom. The van der Waals surface area contributed by atoms with E-state index in [0.29, 0.717) is 24.4 Å². The third-order valence-electron chi connectivity index (χ3n) is 3.45. The second-order valence-corrected chi connectivity index (χ2v) is 5.80. The average Bonchev–Trinajstić information content (AvgIpc) is 2.73. The second-order valence-electron chi connectivity index (χ2n) is 4.72. The number of carbonyl (C=O) groups is 2. The van der Waals surface area contributed by atoms with E-state index in [4.69, 9.17) is 0 Å². The molecule has 1 aliphatic rings. The standard InChI is InChI=1S/C14H16INO2/c1-3-10-7-12(17)16(8-10)14(18)11-6-4-5-9(2)13(11)15/h4-6,10H,3,7-8H2,1-2H3. The number of carbonyl (C=O) groups excluding carboxylic acids is 2. The minimum absolute atomic E-state index is 0.0378. The molecule has 96 valence electrons. The molecule has 0 saturated carbocycles. The zero-order chi connectivity index (χ0) is 13.3. The van der Waals surface area contributed by atoms with E-state index in [1.807, 2.05) is 19.1 Å². The average molecular weight is 357 g/mol. The summed E-state index contributed by atoms with van der Waals surface area (Å²) < 4.78 is 0.938. The van der Waals surface area contributed by atoms with Gasteiger partial charge in [-0.25, -0.2) is 0 Å². The summed E-state index contributed by atoms with van der Waals surface area (Å²) in [5, 5.41) is 0. The summed E-state index contributed by atoms with van der Waals surface area (Å²) in [6.07, 6.45) is 1.45. The molecule has 0 N–H and O–H groups in total. The summed E-state index contributed by atoms with van der Waals surface area (Å²) in [6.45, 7) is 4.60. The molecular formula is C14H16INO2. The minimum atomic E-state index is -0.149. The summed E-state index contributed by atoms with van der Waals surface area (Å²) in [4.78, 5) is 25.7. The molecule has 18 heavy (non-hydrogen) atoms. The van der Waals surface area contributed by atoms with Crippen LogP contribution in [0.15, 0.2) is 18.2 Å². The van der Waals surface area contributed by atoms with E-state index in [1.54, 1.807) is 6.07 Å². The summed E-state index contributed by atoms with van der Waals surface area (Å²) in [7, 11) is 0. The van der Waals surface area contributed by atoms with E-state index in [2.05, 4.69) is 29.5 Å². The minimum Gasteiger partial charge on any atom is -0.278 e. The van der Waals surface area contributed by atoms with Crippen molar-refractivity contribution in [2.45, 2.75) is 26.7 Å². The van der Waals surface area contributed by atoms with Gasteiger partial charge in [0.05, 0.1) is 5.56 Å². The van der Waals surface area contributed by atoms with Gasteiger partial charge in [0.1, 0.15) is 0 Å². The van der Waals surface area contributed by atoms with Crippen LogP contribution in [0.5, 0.6) is 0 Å². The van der Waals surface area contributed by atoms with Crippen LogP contribution in [0, 0.1) is 16.4 Å². The molecule has 1 unspecified atom stereocenters. The Morgan fingerprint density at radius 3 is 2.83 bits per heavy atom. The molecule has 2 amide bonds. The van der Waals surface area contributed by atoms with Crippen molar-refractivity contribution in [1.29, 1.82) is 0 Å². The lowest BCUT2D eigenvalue weighted by molar-refractivity contribution is -0.125. The highest BCUT2D eigenvalue weighted by Gasteiger charge is 2.33. The van der Waals surface area contributed by atoms with Gasteiger partial charge < -0.3 is 0 Å². The number of rotatable bonds is 2. The maximum Gasteiger partial charge on any atom is 0.261 e. The molecule has 1 fully saturated rings. The molecule has 3 nitrogen and oxygen atoms in total. The van der Waals surface area contributed by atoms with Crippen LogP contribution in [0.4, 0.5) is 0 Å². The lowest BCUT2D eigenvalue weighted by atomic mass is 10.1. The number of likely N-dealkylation sites (tertiary alicyclic amines) is 1. The lowest BCUT2D eigenvalue weighted by Gasteiger charge is -2.16. The fourth-order valence-corrected chi connectivity index (χ4v) is 2.80. The summed E-state index contributed by atoms with van der Waals surface area (Å²) >= 11 is 2.17. The molecule has 0 radical (unpaired) electrons. The van der Waals surface area contributed by atoms with Crippen molar-refractivity contribution >= 4 is 34.4 Å². The van der Waals surface area contributed by atoms with Crippen molar-refractivity contribution in [1.82, 2.24) is 4.90 Å². The molecule has 1 heterocycles. The Bertz CT molecular complexity index is 499.